The average molecular weight is 759 g/mol. The Morgan fingerprint density at radius 2 is 1.41 bits per heavy atom. The molecular formula is C45H86O3Si3. The zero-order valence-electron chi connectivity index (χ0n) is 37.1. The van der Waals surface area contributed by atoms with Crippen molar-refractivity contribution in [3.05, 3.63) is 35.5 Å². The van der Waals surface area contributed by atoms with Crippen LogP contribution in [-0.2, 0) is 13.3 Å². The molecule has 0 heterocycles. The van der Waals surface area contributed by atoms with Crippen molar-refractivity contribution < 1.29 is 13.3 Å². The zero-order chi connectivity index (χ0) is 38.8. The van der Waals surface area contributed by atoms with E-state index in [2.05, 4.69) is 128 Å². The van der Waals surface area contributed by atoms with E-state index >= 15 is 0 Å². The Bertz CT molecular complexity index is 1210. The van der Waals surface area contributed by atoms with E-state index in [1.54, 1.807) is 5.57 Å². The highest BCUT2D eigenvalue weighted by Crippen LogP contribution is 2.60. The Hall–Kier alpha value is -0.249. The van der Waals surface area contributed by atoms with E-state index in [1.165, 1.54) is 74.2 Å². The maximum Gasteiger partial charge on any atom is 0.192 e. The second kappa shape index (κ2) is 17.3. The van der Waals surface area contributed by atoms with Crippen LogP contribution >= 0.6 is 0 Å². The summed E-state index contributed by atoms with van der Waals surface area (Å²) in [6.07, 6.45) is 16.7. The van der Waals surface area contributed by atoms with Crippen LogP contribution in [0.3, 0.4) is 0 Å². The molecule has 296 valence electrons. The maximum atomic E-state index is 7.14. The lowest BCUT2D eigenvalue weighted by molar-refractivity contribution is 0.0760. The van der Waals surface area contributed by atoms with Gasteiger partial charge in [-0.2, -0.15) is 0 Å². The topological polar surface area (TPSA) is 27.7 Å². The molecule has 0 N–H and O–H groups in total. The van der Waals surface area contributed by atoms with Crippen LogP contribution in [0.4, 0.5) is 0 Å². The van der Waals surface area contributed by atoms with E-state index in [0.29, 0.717) is 23.4 Å². The molecule has 3 saturated carbocycles. The van der Waals surface area contributed by atoms with E-state index in [4.69, 9.17) is 19.9 Å². The molecule has 0 aromatic rings. The summed E-state index contributed by atoms with van der Waals surface area (Å²) in [5, 5.41) is 0.339. The summed E-state index contributed by atoms with van der Waals surface area (Å²) in [5.41, 5.74) is 4.66. The SMILES string of the molecule is C=C1/C(=C\C=C2/CCC[C@]3(C)C([C@H](C)CC[C@@H](O[Si](CC)(CC)CC)C(C)C)CC[C@@H]23)C[C@@H](O[Si](C)(C)C(C)(C)C)C[C@@H]1O[Si](C)(C)C(C)(C)C. The minimum Gasteiger partial charge on any atom is -0.414 e. The molecule has 0 saturated heterocycles. The van der Waals surface area contributed by atoms with Crippen LogP contribution in [0.15, 0.2) is 35.5 Å². The predicted octanol–water partition coefficient (Wildman–Crippen LogP) is 14.6. The van der Waals surface area contributed by atoms with Gasteiger partial charge >= 0.3 is 0 Å². The molecule has 7 atom stereocenters. The van der Waals surface area contributed by atoms with E-state index in [1.807, 2.05) is 0 Å². The van der Waals surface area contributed by atoms with Crippen molar-refractivity contribution in [1.29, 1.82) is 0 Å². The summed E-state index contributed by atoms with van der Waals surface area (Å²) < 4.78 is 21.4. The van der Waals surface area contributed by atoms with Crippen LogP contribution in [0.5, 0.6) is 0 Å². The van der Waals surface area contributed by atoms with Crippen molar-refractivity contribution in [2.24, 2.45) is 29.1 Å². The van der Waals surface area contributed by atoms with Crippen LogP contribution in [0.2, 0.25) is 54.4 Å². The standard InChI is InChI=1S/C45H86O3Si3/c1-19-51(20-2,21-3)48-41(33(4)5)29-24-34(6)39-27-28-40-36(23-22-30-45(39,40)14)25-26-37-31-38(46-49(15,16)43(8,9)10)32-42(35(37)7)47-50(17,18)44(11,12)13/h25-26,33-34,38-42H,7,19-24,27-32H2,1-6,8-18H3/b36-25+,37-26-/t34-,38-,39?,40+,41-,42+,45-/m1/s1. The lowest BCUT2D eigenvalue weighted by Gasteiger charge is -2.46. The third-order valence-corrected chi connectivity index (χ3v) is 29.1. The molecule has 3 nitrogen and oxygen atoms in total. The molecule has 0 bridgehead atoms. The number of allylic oxidation sites excluding steroid dienone is 3. The Morgan fingerprint density at radius 3 is 1.94 bits per heavy atom. The second-order valence-electron chi connectivity index (χ2n) is 21.1. The van der Waals surface area contributed by atoms with Gasteiger partial charge in [0.1, 0.15) is 0 Å². The van der Waals surface area contributed by atoms with Gasteiger partial charge in [-0.1, -0.05) is 114 Å². The summed E-state index contributed by atoms with van der Waals surface area (Å²) in [7, 11) is -5.52. The minimum absolute atomic E-state index is 0.0332. The molecule has 3 fully saturated rings. The lowest BCUT2D eigenvalue weighted by Crippen LogP contribution is -2.49. The first-order valence-corrected chi connectivity index (χ1v) is 29.8. The first-order chi connectivity index (χ1) is 23.4. The number of fused-ring (bicyclic) bond motifs is 1. The van der Waals surface area contributed by atoms with Crippen LogP contribution in [0.25, 0.3) is 0 Å². The van der Waals surface area contributed by atoms with E-state index < -0.39 is 25.0 Å². The Labute approximate surface area is 322 Å². The second-order valence-corrected chi connectivity index (χ2v) is 35.3. The van der Waals surface area contributed by atoms with Crippen molar-refractivity contribution >= 4 is 25.0 Å². The molecule has 3 rings (SSSR count). The normalized spacial score (nSPS) is 30.0. The molecule has 51 heavy (non-hydrogen) atoms. The van der Waals surface area contributed by atoms with Gasteiger partial charge in [0.05, 0.1) is 12.2 Å². The zero-order valence-corrected chi connectivity index (χ0v) is 40.1. The molecular weight excluding hydrogens is 673 g/mol. The van der Waals surface area contributed by atoms with Gasteiger partial charge in [-0.15, -0.1) is 0 Å². The van der Waals surface area contributed by atoms with Gasteiger partial charge in [-0.05, 0) is 146 Å². The third-order valence-electron chi connectivity index (χ3n) is 15.4. The molecule has 6 heteroatoms. The van der Waals surface area contributed by atoms with Crippen LogP contribution < -0.4 is 0 Å². The fourth-order valence-electron chi connectivity index (χ4n) is 9.46. The largest absolute Gasteiger partial charge is 0.414 e. The Balaban J connectivity index is 1.84. The number of hydrogen-bond donors (Lipinski definition) is 0. The third kappa shape index (κ3) is 10.5. The summed E-state index contributed by atoms with van der Waals surface area (Å²) in [6.45, 7) is 45.6. The molecule has 0 amide bonds. The van der Waals surface area contributed by atoms with Gasteiger partial charge in [0.15, 0.2) is 25.0 Å². The van der Waals surface area contributed by atoms with E-state index in [9.17, 15) is 0 Å². The van der Waals surface area contributed by atoms with E-state index in [-0.39, 0.29) is 22.3 Å². The van der Waals surface area contributed by atoms with Crippen molar-refractivity contribution in [2.45, 2.75) is 221 Å². The van der Waals surface area contributed by atoms with Crippen LogP contribution in [-0.4, -0.2) is 43.3 Å². The average Bonchev–Trinajstić information content (AvgIpc) is 3.38. The monoisotopic (exact) mass is 759 g/mol. The van der Waals surface area contributed by atoms with Gasteiger partial charge in [-0.3, -0.25) is 0 Å². The molecule has 0 aromatic heterocycles. The van der Waals surface area contributed by atoms with Crippen LogP contribution in [0.1, 0.15) is 148 Å². The van der Waals surface area contributed by atoms with Crippen molar-refractivity contribution in [3.63, 3.8) is 0 Å². The lowest BCUT2D eigenvalue weighted by atomic mass is 9.60. The summed E-state index contributed by atoms with van der Waals surface area (Å²) in [4.78, 5) is 0. The fraction of sp³-hybridized carbons (Fsp3) is 0.867. The highest BCUT2D eigenvalue weighted by atomic mass is 28.4. The van der Waals surface area contributed by atoms with Crippen LogP contribution in [0, 0.1) is 29.1 Å². The molecule has 3 aliphatic carbocycles. The summed E-state index contributed by atoms with van der Waals surface area (Å²) in [6, 6.07) is 3.73. The minimum atomic E-state index is -1.98. The fourth-order valence-corrected chi connectivity index (χ4v) is 15.2. The number of hydrogen-bond acceptors (Lipinski definition) is 3. The smallest absolute Gasteiger partial charge is 0.192 e. The molecule has 0 radical (unpaired) electrons. The van der Waals surface area contributed by atoms with Crippen molar-refractivity contribution in [2.75, 3.05) is 0 Å². The Kier molecular flexibility index (Phi) is 15.3. The molecule has 3 aliphatic rings. The quantitative estimate of drug-likeness (QED) is 0.156. The molecule has 0 aliphatic heterocycles. The number of rotatable bonds is 15. The van der Waals surface area contributed by atoms with Gasteiger partial charge in [0.2, 0.25) is 0 Å². The first-order valence-electron chi connectivity index (χ1n) is 21.5. The molecule has 0 aromatic carbocycles. The van der Waals surface area contributed by atoms with Crippen molar-refractivity contribution in [3.8, 4) is 0 Å². The van der Waals surface area contributed by atoms with Gasteiger partial charge < -0.3 is 13.3 Å². The summed E-state index contributed by atoms with van der Waals surface area (Å²) in [5.74, 6) is 2.82. The Morgan fingerprint density at radius 1 is 0.843 bits per heavy atom. The predicted molar refractivity (Wildman–Crippen MR) is 232 cm³/mol. The van der Waals surface area contributed by atoms with Crippen molar-refractivity contribution in [1.82, 2.24) is 0 Å². The van der Waals surface area contributed by atoms with E-state index in [0.717, 1.165) is 24.7 Å². The van der Waals surface area contributed by atoms with Gasteiger partial charge in [-0.25, -0.2) is 0 Å². The highest BCUT2D eigenvalue weighted by molar-refractivity contribution is 6.74. The first kappa shape index (κ1) is 45.1. The van der Waals surface area contributed by atoms with Gasteiger partial charge in [0, 0.05) is 12.5 Å². The maximum absolute atomic E-state index is 7.14. The molecule has 1 unspecified atom stereocenters. The summed E-state index contributed by atoms with van der Waals surface area (Å²) >= 11 is 0. The molecule has 0 spiro atoms. The highest BCUT2D eigenvalue weighted by Gasteiger charge is 2.51. The van der Waals surface area contributed by atoms with Gasteiger partial charge in [0.25, 0.3) is 0 Å².